The number of hydrogen-bond acceptors (Lipinski definition) is 4. The second-order valence-corrected chi connectivity index (χ2v) is 5.62. The summed E-state index contributed by atoms with van der Waals surface area (Å²) in [4.78, 5) is 16.1. The van der Waals surface area contributed by atoms with E-state index >= 15 is 0 Å². The fourth-order valence-corrected chi connectivity index (χ4v) is 2.53. The third-order valence-corrected chi connectivity index (χ3v) is 3.84. The van der Waals surface area contributed by atoms with Crippen LogP contribution in [0.2, 0.25) is 0 Å². The molecule has 3 rings (SSSR count). The number of benzene rings is 1. The van der Waals surface area contributed by atoms with E-state index < -0.39 is 16.8 Å². The number of nitrogens with zero attached hydrogens (tertiary/aromatic N) is 3. The molecule has 0 atom stereocenters. The molecule has 1 heterocycles. The normalized spacial score (nSPS) is 14.5. The summed E-state index contributed by atoms with van der Waals surface area (Å²) in [6, 6.07) is 10.0. The Bertz CT molecular complexity index is 760. The average molecular weight is 337 g/mol. The molecule has 0 saturated heterocycles. The molecule has 1 aromatic heterocycles. The number of alkyl halides is 3. The first-order valence-electron chi connectivity index (χ1n) is 7.39. The third-order valence-electron chi connectivity index (χ3n) is 3.84. The summed E-state index contributed by atoms with van der Waals surface area (Å²) in [6.45, 7) is 0.149. The number of halogens is 3. The quantitative estimate of drug-likeness (QED) is 0.607. The summed E-state index contributed by atoms with van der Waals surface area (Å²) in [5, 5.41) is 11.1. The minimum atomic E-state index is -4.52. The highest BCUT2D eigenvalue weighted by molar-refractivity contribution is 5.48. The van der Waals surface area contributed by atoms with Crippen molar-refractivity contribution in [2.24, 2.45) is 0 Å². The van der Waals surface area contributed by atoms with E-state index in [2.05, 4.69) is 4.98 Å². The van der Waals surface area contributed by atoms with Crippen LogP contribution in [0.4, 0.5) is 24.7 Å². The van der Waals surface area contributed by atoms with E-state index in [4.69, 9.17) is 0 Å². The van der Waals surface area contributed by atoms with Gasteiger partial charge >= 0.3 is 6.18 Å². The van der Waals surface area contributed by atoms with E-state index in [9.17, 15) is 23.3 Å². The van der Waals surface area contributed by atoms with Crippen LogP contribution in [0.5, 0.6) is 0 Å². The highest BCUT2D eigenvalue weighted by Crippen LogP contribution is 2.35. The number of rotatable bonds is 5. The number of aromatic nitrogens is 1. The molecule has 0 amide bonds. The van der Waals surface area contributed by atoms with Gasteiger partial charge in [-0.15, -0.1) is 0 Å². The number of anilines is 1. The molecule has 5 nitrogen and oxygen atoms in total. The predicted octanol–water partition coefficient (Wildman–Crippen LogP) is 4.18. The summed E-state index contributed by atoms with van der Waals surface area (Å²) >= 11 is 0. The van der Waals surface area contributed by atoms with Gasteiger partial charge in [-0.3, -0.25) is 10.1 Å². The van der Waals surface area contributed by atoms with E-state index in [1.54, 1.807) is 23.1 Å². The molecule has 0 spiro atoms. The number of hydrogen-bond donors (Lipinski definition) is 0. The zero-order valence-corrected chi connectivity index (χ0v) is 12.5. The molecule has 1 aromatic carbocycles. The van der Waals surface area contributed by atoms with Crippen molar-refractivity contribution in [3.05, 3.63) is 63.8 Å². The Hall–Kier alpha value is -2.64. The molecule has 2 aromatic rings. The standard InChI is InChI=1S/C16H14F3N3O2/c17-16(18,19)14-6-3-7-15(20-14)21(12-8-9-12)10-11-4-1-2-5-13(11)22(23)24/h1-7,12H,8-10H2. The number of nitro groups is 1. The minimum absolute atomic E-state index is 0.0462. The van der Waals surface area contributed by atoms with Crippen LogP contribution in [0.1, 0.15) is 24.1 Å². The molecular formula is C16H14F3N3O2. The van der Waals surface area contributed by atoms with Crippen molar-refractivity contribution < 1.29 is 18.1 Å². The van der Waals surface area contributed by atoms with Crippen LogP contribution >= 0.6 is 0 Å². The third kappa shape index (κ3) is 3.47. The van der Waals surface area contributed by atoms with Crippen molar-refractivity contribution in [2.45, 2.75) is 31.6 Å². The Balaban J connectivity index is 1.94. The lowest BCUT2D eigenvalue weighted by atomic mass is 10.1. The highest BCUT2D eigenvalue weighted by atomic mass is 19.4. The number of nitro benzene ring substituents is 1. The van der Waals surface area contributed by atoms with Gasteiger partial charge in [-0.2, -0.15) is 13.2 Å². The first-order valence-corrected chi connectivity index (χ1v) is 7.39. The molecule has 1 aliphatic carbocycles. The van der Waals surface area contributed by atoms with Gasteiger partial charge in [0.2, 0.25) is 0 Å². The lowest BCUT2D eigenvalue weighted by molar-refractivity contribution is -0.385. The summed E-state index contributed by atoms with van der Waals surface area (Å²) < 4.78 is 38.6. The summed E-state index contributed by atoms with van der Waals surface area (Å²) in [5.74, 6) is 0.186. The first-order chi connectivity index (χ1) is 11.4. The lowest BCUT2D eigenvalue weighted by Crippen LogP contribution is -2.27. The summed E-state index contributed by atoms with van der Waals surface area (Å²) in [5.41, 5.74) is -0.558. The van der Waals surface area contributed by atoms with E-state index in [1.807, 2.05) is 0 Å². The molecular weight excluding hydrogens is 323 g/mol. The maximum Gasteiger partial charge on any atom is 0.433 e. The van der Waals surface area contributed by atoms with Crippen molar-refractivity contribution in [1.29, 1.82) is 0 Å². The SMILES string of the molecule is O=[N+]([O-])c1ccccc1CN(c1cccc(C(F)(F)F)n1)C1CC1. The first kappa shape index (κ1) is 16.2. The van der Waals surface area contributed by atoms with Gasteiger partial charge in [-0.25, -0.2) is 4.98 Å². The largest absolute Gasteiger partial charge is 0.433 e. The molecule has 0 unspecified atom stereocenters. The second kappa shape index (κ2) is 6.10. The Labute approximate surface area is 135 Å². The Kier molecular flexibility index (Phi) is 4.13. The van der Waals surface area contributed by atoms with E-state index in [-0.39, 0.29) is 24.1 Å². The van der Waals surface area contributed by atoms with Gasteiger partial charge in [0.15, 0.2) is 0 Å². The second-order valence-electron chi connectivity index (χ2n) is 5.62. The monoisotopic (exact) mass is 337 g/mol. The smallest absolute Gasteiger partial charge is 0.349 e. The molecule has 0 radical (unpaired) electrons. The van der Waals surface area contributed by atoms with Gasteiger partial charge in [0.1, 0.15) is 11.5 Å². The van der Waals surface area contributed by atoms with Crippen molar-refractivity contribution in [3.8, 4) is 0 Å². The summed E-state index contributed by atoms with van der Waals surface area (Å²) in [6.07, 6.45) is -2.86. The van der Waals surface area contributed by atoms with Crippen LogP contribution in [0.25, 0.3) is 0 Å². The summed E-state index contributed by atoms with van der Waals surface area (Å²) in [7, 11) is 0. The molecule has 1 aliphatic rings. The van der Waals surface area contributed by atoms with Crippen LogP contribution in [0.3, 0.4) is 0 Å². The van der Waals surface area contributed by atoms with Crippen molar-refractivity contribution in [1.82, 2.24) is 4.98 Å². The van der Waals surface area contributed by atoms with Gasteiger partial charge in [0.25, 0.3) is 5.69 Å². The maximum absolute atomic E-state index is 12.9. The van der Waals surface area contributed by atoms with E-state index in [0.29, 0.717) is 5.56 Å². The van der Waals surface area contributed by atoms with Gasteiger partial charge in [0.05, 0.1) is 11.5 Å². The van der Waals surface area contributed by atoms with Crippen molar-refractivity contribution in [2.75, 3.05) is 4.90 Å². The Morgan fingerprint density at radius 1 is 1.17 bits per heavy atom. The molecule has 8 heteroatoms. The molecule has 126 valence electrons. The molecule has 1 saturated carbocycles. The van der Waals surface area contributed by atoms with Crippen LogP contribution in [-0.2, 0) is 12.7 Å². The highest BCUT2D eigenvalue weighted by Gasteiger charge is 2.35. The number of para-hydroxylation sites is 1. The van der Waals surface area contributed by atoms with Gasteiger partial charge in [-0.05, 0) is 25.0 Å². The van der Waals surface area contributed by atoms with E-state index in [1.165, 1.54) is 18.2 Å². The molecule has 0 bridgehead atoms. The zero-order valence-electron chi connectivity index (χ0n) is 12.5. The van der Waals surface area contributed by atoms with E-state index in [0.717, 1.165) is 18.9 Å². The Morgan fingerprint density at radius 3 is 2.50 bits per heavy atom. The number of pyridine rings is 1. The van der Waals surface area contributed by atoms with Crippen molar-refractivity contribution >= 4 is 11.5 Å². The van der Waals surface area contributed by atoms with Crippen LogP contribution in [-0.4, -0.2) is 15.9 Å². The Morgan fingerprint density at radius 2 is 1.88 bits per heavy atom. The van der Waals surface area contributed by atoms with Gasteiger partial charge < -0.3 is 4.90 Å². The zero-order chi connectivity index (χ0) is 17.3. The molecule has 0 N–H and O–H groups in total. The molecule has 24 heavy (non-hydrogen) atoms. The topological polar surface area (TPSA) is 59.3 Å². The fraction of sp³-hybridized carbons (Fsp3) is 0.312. The predicted molar refractivity (Wildman–Crippen MR) is 81.5 cm³/mol. The molecule has 0 aliphatic heterocycles. The maximum atomic E-state index is 12.9. The molecule has 1 fully saturated rings. The van der Waals surface area contributed by atoms with Crippen LogP contribution in [0, 0.1) is 10.1 Å². The average Bonchev–Trinajstić information content (AvgIpc) is 3.37. The fourth-order valence-electron chi connectivity index (χ4n) is 2.53. The van der Waals surface area contributed by atoms with Crippen LogP contribution < -0.4 is 4.90 Å². The van der Waals surface area contributed by atoms with Gasteiger partial charge in [0, 0.05) is 17.7 Å². The van der Waals surface area contributed by atoms with Gasteiger partial charge in [-0.1, -0.05) is 24.3 Å². The minimum Gasteiger partial charge on any atom is -0.349 e. The lowest BCUT2D eigenvalue weighted by Gasteiger charge is -2.24. The van der Waals surface area contributed by atoms with Crippen LogP contribution in [0.15, 0.2) is 42.5 Å². The van der Waals surface area contributed by atoms with Crippen molar-refractivity contribution in [3.63, 3.8) is 0 Å².